The summed E-state index contributed by atoms with van der Waals surface area (Å²) < 4.78 is 40.1. The minimum absolute atomic E-state index is 0.0978. The molecule has 0 aliphatic carbocycles. The molecular formula is C11H12FN5O2S. The van der Waals surface area contributed by atoms with E-state index in [0.717, 1.165) is 0 Å². The van der Waals surface area contributed by atoms with E-state index in [1.165, 1.54) is 31.5 Å². The lowest BCUT2D eigenvalue weighted by atomic mass is 10.1. The monoisotopic (exact) mass is 297 g/mol. The molecular weight excluding hydrogens is 285 g/mol. The molecule has 0 amide bonds. The number of benzene rings is 1. The number of nitrogens with one attached hydrogen (secondary N) is 1. The highest BCUT2D eigenvalue weighted by molar-refractivity contribution is 7.92. The van der Waals surface area contributed by atoms with Crippen molar-refractivity contribution in [3.05, 3.63) is 41.5 Å². The standard InChI is InChI=1S/C11H12FN5O2S/c1-7-4-9(5-8(6-13)10(7)12)20(18,19)17-11-14-2-3-15-16-11/h2-5H,6,13H2,1H3,(H,14,16,17). The Bertz CT molecular complexity index is 721. The third-order valence-corrected chi connectivity index (χ3v) is 3.85. The van der Waals surface area contributed by atoms with Crippen LogP contribution in [-0.4, -0.2) is 23.6 Å². The molecule has 9 heteroatoms. The van der Waals surface area contributed by atoms with Crippen LogP contribution in [0.4, 0.5) is 10.3 Å². The number of hydrogen-bond acceptors (Lipinski definition) is 6. The van der Waals surface area contributed by atoms with Crippen molar-refractivity contribution in [3.8, 4) is 0 Å². The van der Waals surface area contributed by atoms with Crippen LogP contribution in [0.3, 0.4) is 0 Å². The van der Waals surface area contributed by atoms with Gasteiger partial charge in [0, 0.05) is 12.1 Å². The number of rotatable bonds is 4. The first-order chi connectivity index (χ1) is 9.44. The Morgan fingerprint density at radius 1 is 1.35 bits per heavy atom. The molecule has 0 atom stereocenters. The number of aryl methyl sites for hydroxylation is 1. The number of halogens is 1. The largest absolute Gasteiger partial charge is 0.326 e. The maximum absolute atomic E-state index is 13.7. The zero-order valence-electron chi connectivity index (χ0n) is 10.5. The molecule has 2 rings (SSSR count). The van der Waals surface area contributed by atoms with Crippen molar-refractivity contribution in [2.45, 2.75) is 18.4 Å². The molecule has 0 bridgehead atoms. The molecule has 1 aromatic heterocycles. The van der Waals surface area contributed by atoms with Crippen LogP contribution in [0.25, 0.3) is 0 Å². The lowest BCUT2D eigenvalue weighted by molar-refractivity contribution is 0.591. The molecule has 1 heterocycles. The average molecular weight is 297 g/mol. The SMILES string of the molecule is Cc1cc(S(=O)(=O)Nc2nccnn2)cc(CN)c1F. The molecule has 0 fully saturated rings. The van der Waals surface area contributed by atoms with Gasteiger partial charge in [-0.1, -0.05) is 0 Å². The minimum atomic E-state index is -3.92. The summed E-state index contributed by atoms with van der Waals surface area (Å²) in [4.78, 5) is 3.60. The molecule has 0 aliphatic rings. The van der Waals surface area contributed by atoms with E-state index in [1.54, 1.807) is 0 Å². The van der Waals surface area contributed by atoms with Gasteiger partial charge in [-0.2, -0.15) is 5.10 Å². The fourth-order valence-corrected chi connectivity index (χ4v) is 2.66. The van der Waals surface area contributed by atoms with Gasteiger partial charge in [-0.25, -0.2) is 22.5 Å². The molecule has 0 unspecified atom stereocenters. The van der Waals surface area contributed by atoms with E-state index >= 15 is 0 Å². The average Bonchev–Trinajstić information content (AvgIpc) is 2.42. The molecule has 20 heavy (non-hydrogen) atoms. The molecule has 106 valence electrons. The number of aromatic nitrogens is 3. The maximum atomic E-state index is 13.7. The summed E-state index contributed by atoms with van der Waals surface area (Å²) in [6.45, 7) is 1.37. The smallest absolute Gasteiger partial charge is 0.264 e. The number of anilines is 1. The first-order valence-corrected chi connectivity index (χ1v) is 7.08. The first kappa shape index (κ1) is 14.3. The Balaban J connectivity index is 2.42. The van der Waals surface area contributed by atoms with Crippen molar-refractivity contribution in [2.75, 3.05) is 4.72 Å². The van der Waals surface area contributed by atoms with Gasteiger partial charge in [-0.05, 0) is 24.6 Å². The highest BCUT2D eigenvalue weighted by Gasteiger charge is 2.19. The lowest BCUT2D eigenvalue weighted by Gasteiger charge is -2.10. The predicted molar refractivity (Wildman–Crippen MR) is 69.7 cm³/mol. The van der Waals surface area contributed by atoms with E-state index < -0.39 is 15.8 Å². The van der Waals surface area contributed by atoms with Crippen molar-refractivity contribution < 1.29 is 12.8 Å². The molecule has 0 spiro atoms. The van der Waals surface area contributed by atoms with Crippen molar-refractivity contribution in [1.29, 1.82) is 0 Å². The van der Waals surface area contributed by atoms with Gasteiger partial charge in [-0.3, -0.25) is 0 Å². The third-order valence-electron chi connectivity index (χ3n) is 2.54. The van der Waals surface area contributed by atoms with E-state index in [2.05, 4.69) is 19.9 Å². The second-order valence-electron chi connectivity index (χ2n) is 3.99. The van der Waals surface area contributed by atoms with Crippen molar-refractivity contribution in [2.24, 2.45) is 5.73 Å². The van der Waals surface area contributed by atoms with E-state index in [9.17, 15) is 12.8 Å². The molecule has 2 aromatic rings. The van der Waals surface area contributed by atoms with Gasteiger partial charge in [0.2, 0.25) is 0 Å². The summed E-state index contributed by atoms with van der Waals surface area (Å²) in [7, 11) is -3.92. The predicted octanol–water partition coefficient (Wildman–Crippen LogP) is 0.579. The Morgan fingerprint density at radius 2 is 2.10 bits per heavy atom. The van der Waals surface area contributed by atoms with Crippen molar-refractivity contribution in [1.82, 2.24) is 15.2 Å². The molecule has 7 nitrogen and oxygen atoms in total. The minimum Gasteiger partial charge on any atom is -0.326 e. The highest BCUT2D eigenvalue weighted by Crippen LogP contribution is 2.20. The van der Waals surface area contributed by atoms with E-state index in [4.69, 9.17) is 5.73 Å². The van der Waals surface area contributed by atoms with Crippen LogP contribution in [0, 0.1) is 12.7 Å². The molecule has 0 saturated carbocycles. The van der Waals surface area contributed by atoms with Crippen molar-refractivity contribution >= 4 is 16.0 Å². The molecule has 3 N–H and O–H groups in total. The Kier molecular flexibility index (Phi) is 3.91. The highest BCUT2D eigenvalue weighted by atomic mass is 32.2. The number of hydrogen-bond donors (Lipinski definition) is 2. The Morgan fingerprint density at radius 3 is 2.70 bits per heavy atom. The van der Waals surface area contributed by atoms with E-state index in [1.807, 2.05) is 0 Å². The van der Waals surface area contributed by atoms with Gasteiger partial charge < -0.3 is 5.73 Å². The number of nitrogens with two attached hydrogens (primary N) is 1. The Hall–Kier alpha value is -2.13. The van der Waals surface area contributed by atoms with Gasteiger partial charge in [0.25, 0.3) is 16.0 Å². The van der Waals surface area contributed by atoms with Crippen LogP contribution in [-0.2, 0) is 16.6 Å². The van der Waals surface area contributed by atoms with Crippen molar-refractivity contribution in [3.63, 3.8) is 0 Å². The summed E-state index contributed by atoms with van der Waals surface area (Å²) in [6, 6.07) is 2.40. The van der Waals surface area contributed by atoms with E-state index in [-0.39, 0.29) is 28.5 Å². The van der Waals surface area contributed by atoms with Crippen LogP contribution in [0.5, 0.6) is 0 Å². The normalized spacial score (nSPS) is 11.3. The second-order valence-corrected chi connectivity index (χ2v) is 5.67. The van der Waals surface area contributed by atoms with Crippen LogP contribution >= 0.6 is 0 Å². The van der Waals surface area contributed by atoms with Gasteiger partial charge in [0.05, 0.1) is 17.3 Å². The van der Waals surface area contributed by atoms with E-state index in [0.29, 0.717) is 0 Å². The lowest BCUT2D eigenvalue weighted by Crippen LogP contribution is -2.16. The summed E-state index contributed by atoms with van der Waals surface area (Å²) >= 11 is 0. The summed E-state index contributed by atoms with van der Waals surface area (Å²) in [6.07, 6.45) is 2.61. The zero-order chi connectivity index (χ0) is 14.8. The molecule has 0 saturated heterocycles. The maximum Gasteiger partial charge on any atom is 0.264 e. The summed E-state index contributed by atoms with van der Waals surface area (Å²) in [5.41, 5.74) is 5.71. The third kappa shape index (κ3) is 2.89. The van der Waals surface area contributed by atoms with Crippen LogP contribution in [0.1, 0.15) is 11.1 Å². The van der Waals surface area contributed by atoms with Gasteiger partial charge in [0.1, 0.15) is 5.82 Å². The molecule has 1 aromatic carbocycles. The molecule has 0 radical (unpaired) electrons. The van der Waals surface area contributed by atoms with Crippen LogP contribution in [0.2, 0.25) is 0 Å². The number of sulfonamides is 1. The molecule has 0 aliphatic heterocycles. The first-order valence-electron chi connectivity index (χ1n) is 5.59. The summed E-state index contributed by atoms with van der Waals surface area (Å²) in [5, 5.41) is 7.03. The number of nitrogens with zero attached hydrogens (tertiary/aromatic N) is 3. The van der Waals surface area contributed by atoms with Crippen LogP contribution in [0.15, 0.2) is 29.4 Å². The Labute approximate surface area is 115 Å². The second kappa shape index (κ2) is 5.47. The van der Waals surface area contributed by atoms with Gasteiger partial charge in [0.15, 0.2) is 0 Å². The topological polar surface area (TPSA) is 111 Å². The fraction of sp³-hybridized carbons (Fsp3) is 0.182. The van der Waals surface area contributed by atoms with Gasteiger partial charge in [-0.15, -0.1) is 5.10 Å². The summed E-state index contributed by atoms with van der Waals surface area (Å²) in [5.74, 6) is -0.673. The quantitative estimate of drug-likeness (QED) is 0.854. The van der Waals surface area contributed by atoms with Crippen LogP contribution < -0.4 is 10.5 Å². The zero-order valence-corrected chi connectivity index (χ0v) is 11.4. The van der Waals surface area contributed by atoms with Gasteiger partial charge >= 0.3 is 0 Å². The fourth-order valence-electron chi connectivity index (χ4n) is 1.58.